The normalized spacial score (nSPS) is 17.2. The summed E-state index contributed by atoms with van der Waals surface area (Å²) in [6.07, 6.45) is 0.362. The number of carbonyl (C=O) groups is 2. The van der Waals surface area contributed by atoms with E-state index < -0.39 is 27.0 Å². The monoisotopic (exact) mass is 570 g/mol. The number of benzene rings is 2. The zero-order chi connectivity index (χ0) is 28.1. The number of nitrogens with zero attached hydrogens (tertiary/aromatic N) is 1. The van der Waals surface area contributed by atoms with Gasteiger partial charge in [-0.05, 0) is 69.5 Å². The van der Waals surface area contributed by atoms with E-state index in [1.807, 2.05) is 45.0 Å². The molecular weight excluding hydrogens is 540 g/mol. The number of aryl methyl sites for hydroxylation is 1. The third-order valence-corrected chi connectivity index (χ3v) is 9.68. The van der Waals surface area contributed by atoms with Crippen LogP contribution >= 0.6 is 11.3 Å². The molecule has 0 spiro atoms. The molecule has 1 amide bonds. The van der Waals surface area contributed by atoms with Gasteiger partial charge in [-0.2, -0.15) is 8.42 Å². The summed E-state index contributed by atoms with van der Waals surface area (Å²) in [5.41, 5.74) is 2.31. The molecule has 2 aliphatic rings. The van der Waals surface area contributed by atoms with Crippen molar-refractivity contribution in [2.24, 2.45) is 0 Å². The van der Waals surface area contributed by atoms with Crippen LogP contribution in [0.15, 0.2) is 42.5 Å². The molecule has 1 atom stereocenters. The molecule has 1 N–H and O–H groups in total. The molecule has 0 bridgehead atoms. The lowest BCUT2D eigenvalue weighted by Crippen LogP contribution is -2.52. The molecule has 0 saturated heterocycles. The highest BCUT2D eigenvalue weighted by atomic mass is 32.2. The first-order valence-corrected chi connectivity index (χ1v) is 14.8. The van der Waals surface area contributed by atoms with Crippen LogP contribution in [0.5, 0.6) is 11.5 Å². The summed E-state index contributed by atoms with van der Waals surface area (Å²) in [6.45, 7) is 5.98. The van der Waals surface area contributed by atoms with Crippen molar-refractivity contribution in [3.05, 3.63) is 57.8 Å². The highest BCUT2D eigenvalue weighted by Gasteiger charge is 2.41. The van der Waals surface area contributed by atoms with Crippen molar-refractivity contribution >= 4 is 45.2 Å². The Kier molecular flexibility index (Phi) is 6.84. The van der Waals surface area contributed by atoms with Gasteiger partial charge in [-0.25, -0.2) is 0 Å². The molecule has 9 nitrogen and oxygen atoms in total. The topological polar surface area (TPSA) is 111 Å². The third kappa shape index (κ3) is 4.96. The van der Waals surface area contributed by atoms with E-state index in [4.69, 9.17) is 13.7 Å². The van der Waals surface area contributed by atoms with Crippen molar-refractivity contribution in [1.82, 2.24) is 0 Å². The van der Waals surface area contributed by atoms with Crippen LogP contribution in [-0.4, -0.2) is 45.7 Å². The number of fused-ring (bicyclic) bond motifs is 1. The van der Waals surface area contributed by atoms with E-state index in [1.165, 1.54) is 24.5 Å². The number of hydrogen-bond donors (Lipinski definition) is 1. The van der Waals surface area contributed by atoms with Crippen LogP contribution in [-0.2, 0) is 24.4 Å². The van der Waals surface area contributed by atoms with Crippen LogP contribution in [0.2, 0.25) is 0 Å². The average molecular weight is 571 g/mol. The highest BCUT2D eigenvalue weighted by molar-refractivity contribution is 7.88. The standard InChI is InChI=1S/C28H30N2O7S2/c1-16-6-13-23(38-16)26(36-15-31)24-20(11-12-21-25(24)30(4)27(32)28(2,3)29-21)19-10-7-17(14-22(19)35-5)37-39(33,34)18-8-9-18/h6-7,10-15,18,26,29H,8-9H2,1-5H3. The largest absolute Gasteiger partial charge is 0.496 e. The maximum Gasteiger partial charge on any atom is 0.312 e. The SMILES string of the molecule is COc1cc(OS(=O)(=O)C2CC2)ccc1-c1ccc2c(c1C(OC=O)c1ccc(C)s1)N(C)C(=O)C(C)(C)N2. The molecule has 1 unspecified atom stereocenters. The van der Waals surface area contributed by atoms with Gasteiger partial charge < -0.3 is 23.9 Å². The first kappa shape index (κ1) is 27.0. The predicted octanol–water partition coefficient (Wildman–Crippen LogP) is 5.03. The van der Waals surface area contributed by atoms with Crippen molar-refractivity contribution < 1.29 is 31.7 Å². The second-order valence-electron chi connectivity index (χ2n) is 10.2. The first-order chi connectivity index (χ1) is 18.5. The van der Waals surface area contributed by atoms with E-state index in [0.717, 1.165) is 9.75 Å². The van der Waals surface area contributed by atoms with Gasteiger partial charge in [-0.15, -0.1) is 11.3 Å². The minimum atomic E-state index is -3.71. The molecule has 1 aromatic heterocycles. The Balaban J connectivity index is 1.72. The first-order valence-electron chi connectivity index (χ1n) is 12.5. The molecule has 0 radical (unpaired) electrons. The quantitative estimate of drug-likeness (QED) is 0.282. The minimum absolute atomic E-state index is 0.146. The average Bonchev–Trinajstić information content (AvgIpc) is 3.67. The molecule has 206 valence electrons. The van der Waals surface area contributed by atoms with Crippen LogP contribution < -0.4 is 19.1 Å². The Labute approximate surface area is 231 Å². The van der Waals surface area contributed by atoms with Crippen molar-refractivity contribution in [3.8, 4) is 22.6 Å². The second-order valence-corrected chi connectivity index (χ2v) is 13.4. The number of rotatable bonds is 9. The molecule has 39 heavy (non-hydrogen) atoms. The summed E-state index contributed by atoms with van der Waals surface area (Å²) in [6, 6.07) is 12.4. The summed E-state index contributed by atoms with van der Waals surface area (Å²) >= 11 is 1.49. The predicted molar refractivity (Wildman–Crippen MR) is 150 cm³/mol. The fourth-order valence-corrected chi connectivity index (χ4v) is 7.06. The Hall–Kier alpha value is -3.57. The van der Waals surface area contributed by atoms with Gasteiger partial charge in [-0.3, -0.25) is 9.59 Å². The van der Waals surface area contributed by atoms with Gasteiger partial charge in [0.1, 0.15) is 17.0 Å². The zero-order valence-electron chi connectivity index (χ0n) is 22.3. The van der Waals surface area contributed by atoms with E-state index in [-0.39, 0.29) is 11.7 Å². The van der Waals surface area contributed by atoms with Gasteiger partial charge in [0, 0.05) is 29.1 Å². The highest BCUT2D eigenvalue weighted by Crippen LogP contribution is 2.49. The summed E-state index contributed by atoms with van der Waals surface area (Å²) < 4.78 is 41.6. The number of ether oxygens (including phenoxy) is 2. The molecular formula is C28H30N2O7S2. The van der Waals surface area contributed by atoms with Crippen LogP contribution in [0.3, 0.4) is 0 Å². The van der Waals surface area contributed by atoms with E-state index in [9.17, 15) is 18.0 Å². The van der Waals surface area contributed by atoms with Gasteiger partial charge in [0.25, 0.3) is 12.4 Å². The summed E-state index contributed by atoms with van der Waals surface area (Å²) in [5.74, 6) is 0.360. The van der Waals surface area contributed by atoms with Gasteiger partial charge in [0.15, 0.2) is 6.10 Å². The fourth-order valence-electron chi connectivity index (χ4n) is 4.91. The number of nitrogens with one attached hydrogen (secondary N) is 1. The molecule has 2 aromatic carbocycles. The molecule has 1 fully saturated rings. The lowest BCUT2D eigenvalue weighted by Gasteiger charge is -2.40. The molecule has 1 aliphatic carbocycles. The maximum absolute atomic E-state index is 13.3. The van der Waals surface area contributed by atoms with Crippen molar-refractivity contribution in [2.75, 3.05) is 24.4 Å². The molecule has 11 heteroatoms. The van der Waals surface area contributed by atoms with Gasteiger partial charge >= 0.3 is 10.1 Å². The molecule has 5 rings (SSSR count). The Morgan fingerprint density at radius 1 is 1.13 bits per heavy atom. The molecule has 3 aromatic rings. The van der Waals surface area contributed by atoms with E-state index in [0.29, 0.717) is 53.1 Å². The smallest absolute Gasteiger partial charge is 0.312 e. The van der Waals surface area contributed by atoms with E-state index in [2.05, 4.69) is 5.32 Å². The van der Waals surface area contributed by atoms with Crippen LogP contribution in [0.1, 0.15) is 48.1 Å². The number of anilines is 2. The zero-order valence-corrected chi connectivity index (χ0v) is 23.9. The van der Waals surface area contributed by atoms with Crippen molar-refractivity contribution in [1.29, 1.82) is 0 Å². The van der Waals surface area contributed by atoms with Crippen molar-refractivity contribution in [3.63, 3.8) is 0 Å². The molecule has 1 saturated carbocycles. The number of thiophene rings is 1. The van der Waals surface area contributed by atoms with Gasteiger partial charge in [0.05, 0.1) is 28.6 Å². The Bertz CT molecular complexity index is 1560. The molecule has 2 heterocycles. The minimum Gasteiger partial charge on any atom is -0.496 e. The third-order valence-electron chi connectivity index (χ3n) is 6.92. The van der Waals surface area contributed by atoms with E-state index >= 15 is 0 Å². The maximum atomic E-state index is 13.3. The lowest BCUT2D eigenvalue weighted by atomic mass is 9.88. The second kappa shape index (κ2) is 9.87. The Morgan fingerprint density at radius 3 is 2.46 bits per heavy atom. The van der Waals surface area contributed by atoms with Crippen LogP contribution in [0, 0.1) is 6.92 Å². The van der Waals surface area contributed by atoms with Crippen LogP contribution in [0.4, 0.5) is 11.4 Å². The van der Waals surface area contributed by atoms with Crippen LogP contribution in [0.25, 0.3) is 11.1 Å². The van der Waals surface area contributed by atoms with E-state index in [1.54, 1.807) is 24.1 Å². The summed E-state index contributed by atoms with van der Waals surface area (Å²) in [5, 5.41) is 2.84. The lowest BCUT2D eigenvalue weighted by molar-refractivity contribution is -0.131. The Morgan fingerprint density at radius 2 is 1.85 bits per heavy atom. The fraction of sp³-hybridized carbons (Fsp3) is 0.357. The summed E-state index contributed by atoms with van der Waals surface area (Å²) in [7, 11) is -0.523. The van der Waals surface area contributed by atoms with Crippen molar-refractivity contribution in [2.45, 2.75) is 50.5 Å². The van der Waals surface area contributed by atoms with Gasteiger partial charge in [-0.1, -0.05) is 6.07 Å². The molecule has 1 aliphatic heterocycles. The number of methoxy groups -OCH3 is 1. The number of likely N-dealkylation sites (N-methyl/N-ethyl adjacent to an activating group) is 1. The number of amides is 1. The number of carbonyl (C=O) groups excluding carboxylic acids is 2. The summed E-state index contributed by atoms with van der Waals surface area (Å²) in [4.78, 5) is 28.5. The van der Waals surface area contributed by atoms with Gasteiger partial charge in [0.2, 0.25) is 0 Å². The number of hydrogen-bond acceptors (Lipinski definition) is 9.